The van der Waals surface area contributed by atoms with Gasteiger partial charge in [0.2, 0.25) is 11.8 Å². The number of amides is 3. The monoisotopic (exact) mass is 425 g/mol. The molecular weight excluding hydrogens is 402 g/mol. The lowest BCUT2D eigenvalue weighted by molar-refractivity contribution is -0.125. The van der Waals surface area contributed by atoms with E-state index in [1.807, 2.05) is 6.07 Å². The second-order valence-corrected chi connectivity index (χ2v) is 7.16. The molecule has 0 fully saturated rings. The molecule has 2 aromatic rings. The SMILES string of the molecule is NC(=O)C(Cc1ccccc1)NC(=O)C1=CC(NC(=O)c2cnccn2)C(O)C(O)C1. The van der Waals surface area contributed by atoms with E-state index >= 15 is 0 Å². The highest BCUT2D eigenvalue weighted by molar-refractivity contribution is 5.97. The van der Waals surface area contributed by atoms with Gasteiger partial charge in [0.15, 0.2) is 0 Å². The molecule has 0 bridgehead atoms. The van der Waals surface area contributed by atoms with Crippen LogP contribution in [0.2, 0.25) is 0 Å². The molecule has 0 saturated heterocycles. The first-order valence-corrected chi connectivity index (χ1v) is 9.63. The maximum atomic E-state index is 12.7. The number of nitrogens with one attached hydrogen (secondary N) is 2. The summed E-state index contributed by atoms with van der Waals surface area (Å²) in [6.45, 7) is 0. The summed E-state index contributed by atoms with van der Waals surface area (Å²) >= 11 is 0. The largest absolute Gasteiger partial charge is 0.390 e. The van der Waals surface area contributed by atoms with E-state index in [0.29, 0.717) is 0 Å². The highest BCUT2D eigenvalue weighted by Crippen LogP contribution is 2.20. The maximum absolute atomic E-state index is 12.7. The number of carbonyl (C=O) groups is 3. The average molecular weight is 425 g/mol. The van der Waals surface area contributed by atoms with Gasteiger partial charge in [-0.1, -0.05) is 36.4 Å². The first kappa shape index (κ1) is 22.1. The highest BCUT2D eigenvalue weighted by Gasteiger charge is 2.34. The predicted molar refractivity (Wildman–Crippen MR) is 109 cm³/mol. The maximum Gasteiger partial charge on any atom is 0.272 e. The van der Waals surface area contributed by atoms with E-state index in [9.17, 15) is 24.6 Å². The van der Waals surface area contributed by atoms with Crippen LogP contribution in [0.3, 0.4) is 0 Å². The molecule has 4 unspecified atom stereocenters. The van der Waals surface area contributed by atoms with Crippen molar-refractivity contribution >= 4 is 17.7 Å². The molecule has 1 aliphatic rings. The van der Waals surface area contributed by atoms with Gasteiger partial charge >= 0.3 is 0 Å². The van der Waals surface area contributed by atoms with Crippen LogP contribution in [0.1, 0.15) is 22.5 Å². The number of hydrogen-bond donors (Lipinski definition) is 5. The summed E-state index contributed by atoms with van der Waals surface area (Å²) in [7, 11) is 0. The fourth-order valence-electron chi connectivity index (χ4n) is 3.23. The molecule has 4 atom stereocenters. The van der Waals surface area contributed by atoms with Crippen molar-refractivity contribution in [3.8, 4) is 0 Å². The number of primary amides is 1. The lowest BCUT2D eigenvalue weighted by Gasteiger charge is -2.31. The smallest absolute Gasteiger partial charge is 0.272 e. The van der Waals surface area contributed by atoms with Gasteiger partial charge in [0.1, 0.15) is 17.8 Å². The highest BCUT2D eigenvalue weighted by atomic mass is 16.3. The zero-order chi connectivity index (χ0) is 22.4. The van der Waals surface area contributed by atoms with Crippen LogP contribution in [-0.4, -0.2) is 62.2 Å². The summed E-state index contributed by atoms with van der Waals surface area (Å²) in [6, 6.07) is 7.05. The average Bonchev–Trinajstić information content (AvgIpc) is 2.77. The summed E-state index contributed by atoms with van der Waals surface area (Å²) in [5.41, 5.74) is 6.38. The van der Waals surface area contributed by atoms with Crippen molar-refractivity contribution in [2.45, 2.75) is 37.1 Å². The lowest BCUT2D eigenvalue weighted by Crippen LogP contribution is -2.52. The van der Waals surface area contributed by atoms with E-state index in [0.717, 1.165) is 5.56 Å². The van der Waals surface area contributed by atoms with E-state index in [1.54, 1.807) is 24.3 Å². The minimum absolute atomic E-state index is 0.0193. The topological polar surface area (TPSA) is 168 Å². The molecule has 0 saturated carbocycles. The van der Waals surface area contributed by atoms with E-state index in [-0.39, 0.29) is 24.1 Å². The van der Waals surface area contributed by atoms with Crippen molar-refractivity contribution in [1.29, 1.82) is 0 Å². The van der Waals surface area contributed by atoms with Gasteiger partial charge in [-0.3, -0.25) is 19.4 Å². The van der Waals surface area contributed by atoms with E-state index in [4.69, 9.17) is 5.73 Å². The molecule has 0 aliphatic heterocycles. The van der Waals surface area contributed by atoms with Crippen molar-refractivity contribution in [2.24, 2.45) is 5.73 Å². The normalized spacial score (nSPS) is 21.5. The second kappa shape index (κ2) is 9.92. The fraction of sp³-hybridized carbons (Fsp3) is 0.286. The molecule has 6 N–H and O–H groups in total. The van der Waals surface area contributed by atoms with Gasteiger partial charge in [-0.2, -0.15) is 0 Å². The van der Waals surface area contributed by atoms with E-state index in [1.165, 1.54) is 24.7 Å². The predicted octanol–water partition coefficient (Wildman–Crippen LogP) is -1.16. The van der Waals surface area contributed by atoms with Gasteiger partial charge in [0.05, 0.1) is 18.3 Å². The van der Waals surface area contributed by atoms with Crippen LogP contribution in [0.25, 0.3) is 0 Å². The Morgan fingerprint density at radius 3 is 2.52 bits per heavy atom. The third kappa shape index (κ3) is 5.71. The second-order valence-electron chi connectivity index (χ2n) is 7.16. The molecular formula is C21H23N5O5. The molecule has 1 heterocycles. The number of nitrogens with zero attached hydrogens (tertiary/aromatic N) is 2. The van der Waals surface area contributed by atoms with Gasteiger partial charge in [-0.05, 0) is 5.56 Å². The molecule has 31 heavy (non-hydrogen) atoms. The molecule has 162 valence electrons. The number of aliphatic hydroxyl groups excluding tert-OH is 2. The van der Waals surface area contributed by atoms with Crippen molar-refractivity contribution in [3.63, 3.8) is 0 Å². The molecule has 1 aromatic carbocycles. The molecule has 1 aliphatic carbocycles. The number of benzene rings is 1. The Morgan fingerprint density at radius 1 is 1.13 bits per heavy atom. The standard InChI is InChI=1S/C21H23N5O5/c22-19(29)15(8-12-4-2-1-3-5-12)26-20(30)13-9-14(18(28)17(27)10-13)25-21(31)16-11-23-6-7-24-16/h1-7,9,11,14-15,17-18,27-28H,8,10H2,(H2,22,29)(H,25,31)(H,26,30). The van der Waals surface area contributed by atoms with Gasteiger partial charge in [-0.25, -0.2) is 4.98 Å². The zero-order valence-corrected chi connectivity index (χ0v) is 16.5. The number of rotatable bonds is 7. The minimum Gasteiger partial charge on any atom is -0.390 e. The Bertz CT molecular complexity index is 967. The Balaban J connectivity index is 1.73. The molecule has 10 nitrogen and oxygen atoms in total. The zero-order valence-electron chi connectivity index (χ0n) is 16.5. The number of carbonyl (C=O) groups excluding carboxylic acids is 3. The van der Waals surface area contributed by atoms with Crippen molar-refractivity contribution in [3.05, 3.63) is 71.8 Å². The lowest BCUT2D eigenvalue weighted by atomic mass is 9.89. The third-order valence-corrected chi connectivity index (χ3v) is 4.89. The molecule has 3 amide bonds. The molecule has 0 spiro atoms. The quantitative estimate of drug-likeness (QED) is 0.373. The fourth-order valence-corrected chi connectivity index (χ4v) is 3.23. The number of hydrogen-bond acceptors (Lipinski definition) is 7. The van der Waals surface area contributed by atoms with Crippen LogP contribution in [0.4, 0.5) is 0 Å². The van der Waals surface area contributed by atoms with E-state index < -0.39 is 42.0 Å². The van der Waals surface area contributed by atoms with Crippen molar-refractivity contribution in [1.82, 2.24) is 20.6 Å². The van der Waals surface area contributed by atoms with Gasteiger partial charge < -0.3 is 26.6 Å². The first-order valence-electron chi connectivity index (χ1n) is 9.63. The summed E-state index contributed by atoms with van der Waals surface area (Å²) in [4.78, 5) is 44.6. The van der Waals surface area contributed by atoms with Crippen LogP contribution in [0.5, 0.6) is 0 Å². The summed E-state index contributed by atoms with van der Waals surface area (Å²) < 4.78 is 0. The Hall–Kier alpha value is -3.63. The van der Waals surface area contributed by atoms with Crippen LogP contribution in [0, 0.1) is 0 Å². The number of nitrogens with two attached hydrogens (primary N) is 1. The molecule has 1 aromatic heterocycles. The molecule has 0 radical (unpaired) electrons. The summed E-state index contributed by atoms with van der Waals surface area (Å²) in [6.07, 6.45) is 2.78. The third-order valence-electron chi connectivity index (χ3n) is 4.89. The Labute approximate surface area is 178 Å². The van der Waals surface area contributed by atoms with Crippen molar-refractivity contribution < 1.29 is 24.6 Å². The molecule has 3 rings (SSSR count). The van der Waals surface area contributed by atoms with Gasteiger partial charge in [0.25, 0.3) is 5.91 Å². The Kier molecular flexibility index (Phi) is 7.06. The van der Waals surface area contributed by atoms with Crippen LogP contribution < -0.4 is 16.4 Å². The van der Waals surface area contributed by atoms with Gasteiger partial charge in [-0.15, -0.1) is 0 Å². The van der Waals surface area contributed by atoms with Gasteiger partial charge in [0, 0.05) is 30.8 Å². The van der Waals surface area contributed by atoms with Crippen molar-refractivity contribution in [2.75, 3.05) is 0 Å². The number of aromatic nitrogens is 2. The Morgan fingerprint density at radius 2 is 1.87 bits per heavy atom. The summed E-state index contributed by atoms with van der Waals surface area (Å²) in [5, 5.41) is 25.5. The summed E-state index contributed by atoms with van der Waals surface area (Å²) in [5.74, 6) is -1.95. The van der Waals surface area contributed by atoms with E-state index in [2.05, 4.69) is 20.6 Å². The van der Waals surface area contributed by atoms with Crippen LogP contribution in [0.15, 0.2) is 60.6 Å². The first-order chi connectivity index (χ1) is 14.8. The molecule has 10 heteroatoms. The van der Waals surface area contributed by atoms with Crippen LogP contribution in [-0.2, 0) is 16.0 Å². The number of aliphatic hydroxyl groups is 2. The van der Waals surface area contributed by atoms with Crippen LogP contribution >= 0.6 is 0 Å². The minimum atomic E-state index is -1.33.